The first kappa shape index (κ1) is 14.7. The van der Waals surface area contributed by atoms with Crippen LogP contribution in [0.4, 0.5) is 0 Å². The quantitative estimate of drug-likeness (QED) is 0.763. The maximum Gasteiger partial charge on any atom is 0.227 e. The molecule has 0 radical (unpaired) electrons. The molecule has 1 saturated heterocycles. The first-order chi connectivity index (χ1) is 10.8. The van der Waals surface area contributed by atoms with Crippen LogP contribution < -0.4 is 4.74 Å². The highest BCUT2D eigenvalue weighted by atomic mass is 16.5. The summed E-state index contributed by atoms with van der Waals surface area (Å²) in [6.45, 7) is 1.38. The van der Waals surface area contributed by atoms with Crippen molar-refractivity contribution in [3.8, 4) is 5.75 Å². The van der Waals surface area contributed by atoms with Gasteiger partial charge in [-0.25, -0.2) is 0 Å². The first-order valence-electron chi connectivity index (χ1n) is 7.34. The number of aryl methyl sites for hydroxylation is 1. The molecular formula is C16H18N2O4. The van der Waals surface area contributed by atoms with Gasteiger partial charge in [0.05, 0.1) is 13.7 Å². The second kappa shape index (κ2) is 6.70. The second-order valence-electron chi connectivity index (χ2n) is 5.26. The Labute approximate surface area is 128 Å². The molecule has 2 heterocycles. The van der Waals surface area contributed by atoms with Gasteiger partial charge in [-0.15, -0.1) is 0 Å². The van der Waals surface area contributed by atoms with E-state index in [4.69, 9.17) is 14.0 Å². The van der Waals surface area contributed by atoms with Gasteiger partial charge in [-0.1, -0.05) is 5.16 Å². The van der Waals surface area contributed by atoms with Crippen molar-refractivity contribution >= 4 is 5.78 Å². The molecule has 116 valence electrons. The maximum absolute atomic E-state index is 12.1. The van der Waals surface area contributed by atoms with Crippen molar-refractivity contribution in [1.82, 2.24) is 10.1 Å². The number of methoxy groups -OCH3 is 1. The summed E-state index contributed by atoms with van der Waals surface area (Å²) < 4.78 is 15.6. The van der Waals surface area contributed by atoms with Crippen molar-refractivity contribution in [3.05, 3.63) is 41.5 Å². The van der Waals surface area contributed by atoms with E-state index in [1.807, 2.05) is 0 Å². The summed E-state index contributed by atoms with van der Waals surface area (Å²) in [5.41, 5.74) is 0.657. The van der Waals surface area contributed by atoms with Crippen molar-refractivity contribution in [3.63, 3.8) is 0 Å². The minimum absolute atomic E-state index is 0.0478. The SMILES string of the molecule is COc1ccc(C(=O)CCc2nc([C@@H]3CCOC3)no2)cc1. The number of nitrogens with zero attached hydrogens (tertiary/aromatic N) is 2. The lowest BCUT2D eigenvalue weighted by Gasteiger charge is -2.02. The molecule has 1 aromatic carbocycles. The molecule has 1 aliphatic heterocycles. The van der Waals surface area contributed by atoms with Crippen molar-refractivity contribution in [2.45, 2.75) is 25.2 Å². The molecule has 2 aromatic rings. The molecule has 0 unspecified atom stereocenters. The van der Waals surface area contributed by atoms with Crippen LogP contribution in [0.3, 0.4) is 0 Å². The lowest BCUT2D eigenvalue weighted by molar-refractivity contribution is 0.0979. The van der Waals surface area contributed by atoms with Gasteiger partial charge < -0.3 is 14.0 Å². The Morgan fingerprint density at radius 2 is 2.18 bits per heavy atom. The van der Waals surface area contributed by atoms with Crippen molar-refractivity contribution < 1.29 is 18.8 Å². The number of ketones is 1. The van der Waals surface area contributed by atoms with Gasteiger partial charge >= 0.3 is 0 Å². The van der Waals surface area contributed by atoms with Gasteiger partial charge in [0.1, 0.15) is 5.75 Å². The molecule has 1 fully saturated rings. The molecule has 22 heavy (non-hydrogen) atoms. The van der Waals surface area contributed by atoms with Crippen LogP contribution in [-0.2, 0) is 11.2 Å². The number of carbonyl (C=O) groups excluding carboxylic acids is 1. The highest BCUT2D eigenvalue weighted by Crippen LogP contribution is 2.22. The Hall–Kier alpha value is -2.21. The van der Waals surface area contributed by atoms with E-state index in [1.54, 1.807) is 31.4 Å². The van der Waals surface area contributed by atoms with E-state index in [0.717, 1.165) is 18.8 Å². The molecule has 0 saturated carbocycles. The number of benzene rings is 1. The monoisotopic (exact) mass is 302 g/mol. The Morgan fingerprint density at radius 3 is 2.86 bits per heavy atom. The van der Waals surface area contributed by atoms with E-state index in [1.165, 1.54) is 0 Å². The van der Waals surface area contributed by atoms with Gasteiger partial charge in [0.15, 0.2) is 11.6 Å². The normalized spacial score (nSPS) is 17.6. The van der Waals surface area contributed by atoms with Crippen LogP contribution in [0.5, 0.6) is 5.75 Å². The first-order valence-corrected chi connectivity index (χ1v) is 7.34. The van der Waals surface area contributed by atoms with Gasteiger partial charge in [-0.3, -0.25) is 4.79 Å². The zero-order valence-corrected chi connectivity index (χ0v) is 12.4. The third kappa shape index (κ3) is 3.33. The summed E-state index contributed by atoms with van der Waals surface area (Å²) in [6.07, 6.45) is 1.71. The van der Waals surface area contributed by atoms with Crippen molar-refractivity contribution in [2.75, 3.05) is 20.3 Å². The van der Waals surface area contributed by atoms with E-state index in [0.29, 0.717) is 36.7 Å². The maximum atomic E-state index is 12.1. The smallest absolute Gasteiger partial charge is 0.227 e. The number of hydrogen-bond donors (Lipinski definition) is 0. The number of carbonyl (C=O) groups is 1. The largest absolute Gasteiger partial charge is 0.497 e. The average molecular weight is 302 g/mol. The van der Waals surface area contributed by atoms with E-state index in [9.17, 15) is 4.79 Å². The Morgan fingerprint density at radius 1 is 1.36 bits per heavy atom. The number of aromatic nitrogens is 2. The van der Waals surface area contributed by atoms with E-state index in [2.05, 4.69) is 10.1 Å². The summed E-state index contributed by atoms with van der Waals surface area (Å²) in [4.78, 5) is 16.5. The lowest BCUT2D eigenvalue weighted by atomic mass is 10.1. The zero-order chi connectivity index (χ0) is 15.4. The number of ether oxygens (including phenoxy) is 2. The third-order valence-corrected chi connectivity index (χ3v) is 3.76. The molecule has 1 atom stereocenters. The van der Waals surface area contributed by atoms with E-state index in [-0.39, 0.29) is 11.7 Å². The molecule has 0 amide bonds. The molecule has 1 aliphatic rings. The minimum atomic E-state index is 0.0478. The Kier molecular flexibility index (Phi) is 4.48. The topological polar surface area (TPSA) is 74.5 Å². The molecule has 0 bridgehead atoms. The predicted octanol–water partition coefficient (Wildman–Crippen LogP) is 2.40. The molecule has 0 aliphatic carbocycles. The molecule has 3 rings (SSSR count). The highest BCUT2D eigenvalue weighted by Gasteiger charge is 2.23. The lowest BCUT2D eigenvalue weighted by Crippen LogP contribution is -2.02. The predicted molar refractivity (Wildman–Crippen MR) is 78.1 cm³/mol. The van der Waals surface area contributed by atoms with Gasteiger partial charge in [-0.05, 0) is 30.7 Å². The van der Waals surface area contributed by atoms with Gasteiger partial charge in [0.2, 0.25) is 5.89 Å². The second-order valence-corrected chi connectivity index (χ2v) is 5.26. The van der Waals surface area contributed by atoms with Crippen LogP contribution in [0.25, 0.3) is 0 Å². The van der Waals surface area contributed by atoms with E-state index < -0.39 is 0 Å². The van der Waals surface area contributed by atoms with Crippen molar-refractivity contribution in [1.29, 1.82) is 0 Å². The number of rotatable bonds is 6. The molecule has 6 nitrogen and oxygen atoms in total. The molecule has 6 heteroatoms. The number of Topliss-reactive ketones (excluding diaryl/α,β-unsaturated/α-hetero) is 1. The van der Waals surface area contributed by atoms with Crippen LogP contribution in [0.2, 0.25) is 0 Å². The fourth-order valence-electron chi connectivity index (χ4n) is 2.42. The Balaban J connectivity index is 1.56. The Bertz CT molecular complexity index is 630. The minimum Gasteiger partial charge on any atom is -0.497 e. The van der Waals surface area contributed by atoms with Crippen LogP contribution in [0, 0.1) is 0 Å². The van der Waals surface area contributed by atoms with Gasteiger partial charge in [0, 0.05) is 30.9 Å². The van der Waals surface area contributed by atoms with Crippen LogP contribution in [0.15, 0.2) is 28.8 Å². The van der Waals surface area contributed by atoms with Gasteiger partial charge in [-0.2, -0.15) is 4.98 Å². The summed E-state index contributed by atoms with van der Waals surface area (Å²) in [6, 6.07) is 7.07. The average Bonchev–Trinajstić information content (AvgIpc) is 3.23. The zero-order valence-electron chi connectivity index (χ0n) is 12.4. The molecular weight excluding hydrogens is 284 g/mol. The third-order valence-electron chi connectivity index (χ3n) is 3.76. The highest BCUT2D eigenvalue weighted by molar-refractivity contribution is 5.96. The van der Waals surface area contributed by atoms with E-state index >= 15 is 0 Å². The van der Waals surface area contributed by atoms with Crippen LogP contribution in [-0.4, -0.2) is 36.2 Å². The molecule has 1 aromatic heterocycles. The fraction of sp³-hybridized carbons (Fsp3) is 0.438. The standard InChI is InChI=1S/C16H18N2O4/c1-20-13-4-2-11(3-5-13)14(19)6-7-15-17-16(18-22-15)12-8-9-21-10-12/h2-5,12H,6-10H2,1H3/t12-/m1/s1. The molecule has 0 spiro atoms. The van der Waals surface area contributed by atoms with Crippen LogP contribution >= 0.6 is 0 Å². The number of hydrogen-bond acceptors (Lipinski definition) is 6. The van der Waals surface area contributed by atoms with Crippen LogP contribution in [0.1, 0.15) is 40.8 Å². The summed E-state index contributed by atoms with van der Waals surface area (Å²) >= 11 is 0. The van der Waals surface area contributed by atoms with Crippen molar-refractivity contribution in [2.24, 2.45) is 0 Å². The van der Waals surface area contributed by atoms with Gasteiger partial charge in [0.25, 0.3) is 0 Å². The summed E-state index contributed by atoms with van der Waals surface area (Å²) in [5.74, 6) is 2.19. The summed E-state index contributed by atoms with van der Waals surface area (Å²) in [7, 11) is 1.60. The summed E-state index contributed by atoms with van der Waals surface area (Å²) in [5, 5.41) is 3.98. The fourth-order valence-corrected chi connectivity index (χ4v) is 2.42. The molecule has 0 N–H and O–H groups in total.